The zero-order chi connectivity index (χ0) is 15.6. The van der Waals surface area contributed by atoms with Crippen molar-refractivity contribution in [1.29, 1.82) is 5.26 Å². The van der Waals surface area contributed by atoms with Crippen molar-refractivity contribution in [2.24, 2.45) is 0 Å². The normalized spacial score (nSPS) is 23.7. The van der Waals surface area contributed by atoms with Gasteiger partial charge in [-0.1, -0.05) is 11.6 Å². The molecule has 6 nitrogen and oxygen atoms in total. The van der Waals surface area contributed by atoms with Gasteiger partial charge in [0.1, 0.15) is 6.07 Å². The van der Waals surface area contributed by atoms with Crippen LogP contribution in [0.4, 0.5) is 0 Å². The molecule has 8 heteroatoms. The number of aliphatic hydroxyl groups is 1. The molecule has 1 N–H and O–H groups in total. The van der Waals surface area contributed by atoms with E-state index in [1.165, 1.54) is 22.5 Å². The smallest absolute Gasteiger partial charge is 0.243 e. The third-order valence-electron chi connectivity index (χ3n) is 3.20. The largest absolute Gasteiger partial charge is 0.394 e. The highest BCUT2D eigenvalue weighted by molar-refractivity contribution is 7.89. The molecule has 1 aliphatic heterocycles. The van der Waals surface area contributed by atoms with E-state index < -0.39 is 16.1 Å². The number of nitrogens with zero attached hydrogens (tertiary/aromatic N) is 2. The molecule has 0 amide bonds. The Morgan fingerprint density at radius 2 is 2.24 bits per heavy atom. The van der Waals surface area contributed by atoms with Gasteiger partial charge >= 0.3 is 0 Å². The fourth-order valence-corrected chi connectivity index (χ4v) is 4.06. The molecule has 1 fully saturated rings. The SMILES string of the molecule is CC1CN(S(=O)(=O)c2ccc(C#N)c(Cl)c2)CC(CO)O1. The van der Waals surface area contributed by atoms with E-state index in [1.807, 2.05) is 6.07 Å². The lowest BCUT2D eigenvalue weighted by atomic mass is 10.2. The molecule has 0 aromatic heterocycles. The van der Waals surface area contributed by atoms with Crippen molar-refractivity contribution in [3.05, 3.63) is 28.8 Å². The average Bonchev–Trinajstić information content (AvgIpc) is 2.46. The lowest BCUT2D eigenvalue weighted by Gasteiger charge is -2.35. The van der Waals surface area contributed by atoms with Gasteiger partial charge in [0, 0.05) is 13.1 Å². The summed E-state index contributed by atoms with van der Waals surface area (Å²) in [5, 5.41) is 18.1. The lowest BCUT2D eigenvalue weighted by Crippen LogP contribution is -2.50. The van der Waals surface area contributed by atoms with E-state index in [9.17, 15) is 13.5 Å². The maximum Gasteiger partial charge on any atom is 0.243 e. The summed E-state index contributed by atoms with van der Waals surface area (Å²) in [4.78, 5) is 0.0253. The van der Waals surface area contributed by atoms with Crippen LogP contribution < -0.4 is 0 Å². The molecule has 1 aromatic rings. The van der Waals surface area contributed by atoms with E-state index in [0.29, 0.717) is 0 Å². The Kier molecular flexibility index (Phi) is 4.86. The Labute approximate surface area is 128 Å². The van der Waals surface area contributed by atoms with Crippen LogP contribution in [0, 0.1) is 11.3 Å². The minimum atomic E-state index is -3.74. The maximum absolute atomic E-state index is 12.6. The highest BCUT2D eigenvalue weighted by atomic mass is 35.5. The molecule has 0 bridgehead atoms. The summed E-state index contributed by atoms with van der Waals surface area (Å²) in [5.74, 6) is 0. The van der Waals surface area contributed by atoms with Crippen LogP contribution >= 0.6 is 11.6 Å². The Bertz CT molecular complexity index is 671. The van der Waals surface area contributed by atoms with Crippen LogP contribution in [-0.2, 0) is 14.8 Å². The van der Waals surface area contributed by atoms with Gasteiger partial charge in [0.25, 0.3) is 0 Å². The van der Waals surface area contributed by atoms with Crippen molar-refractivity contribution in [1.82, 2.24) is 4.31 Å². The second-order valence-corrected chi connectivity index (χ2v) is 7.17. The fraction of sp³-hybridized carbons (Fsp3) is 0.462. The molecular formula is C13H15ClN2O4S. The topological polar surface area (TPSA) is 90.6 Å². The van der Waals surface area contributed by atoms with Crippen molar-refractivity contribution in [3.63, 3.8) is 0 Å². The first kappa shape index (κ1) is 16.2. The molecule has 2 rings (SSSR count). The first-order chi connectivity index (χ1) is 9.88. The minimum Gasteiger partial charge on any atom is -0.394 e. The number of benzene rings is 1. The van der Waals surface area contributed by atoms with Gasteiger partial charge in [0.2, 0.25) is 10.0 Å². The number of nitriles is 1. The number of halogens is 1. The second kappa shape index (κ2) is 6.30. The Balaban J connectivity index is 2.33. The predicted octanol–water partition coefficient (Wildman–Crippen LogP) is 0.982. The van der Waals surface area contributed by atoms with Crippen LogP contribution in [0.5, 0.6) is 0 Å². The number of sulfonamides is 1. The minimum absolute atomic E-state index is 0.0253. The molecule has 1 aromatic carbocycles. The van der Waals surface area contributed by atoms with Crippen LogP contribution in [0.2, 0.25) is 5.02 Å². The first-order valence-corrected chi connectivity index (χ1v) is 8.16. The molecule has 0 aliphatic carbocycles. The van der Waals surface area contributed by atoms with Gasteiger partial charge in [0.05, 0.1) is 34.3 Å². The monoisotopic (exact) mass is 330 g/mol. The highest BCUT2D eigenvalue weighted by Gasteiger charge is 2.33. The van der Waals surface area contributed by atoms with Crippen molar-refractivity contribution in [2.45, 2.75) is 24.0 Å². The lowest BCUT2D eigenvalue weighted by molar-refractivity contribution is -0.0750. The number of hydrogen-bond donors (Lipinski definition) is 1. The first-order valence-electron chi connectivity index (χ1n) is 6.34. The van der Waals surface area contributed by atoms with Gasteiger partial charge in [-0.05, 0) is 25.1 Å². The number of ether oxygens (including phenoxy) is 1. The van der Waals surface area contributed by atoms with Gasteiger partial charge in [-0.2, -0.15) is 9.57 Å². The van der Waals surface area contributed by atoms with E-state index in [0.717, 1.165) is 0 Å². The van der Waals surface area contributed by atoms with E-state index in [2.05, 4.69) is 0 Å². The molecule has 21 heavy (non-hydrogen) atoms. The Morgan fingerprint density at radius 1 is 1.52 bits per heavy atom. The summed E-state index contributed by atoms with van der Waals surface area (Å²) in [6, 6.07) is 5.88. The standard InChI is InChI=1S/C13H15ClN2O4S/c1-9-6-16(7-11(8-17)20-9)21(18,19)12-3-2-10(5-15)13(14)4-12/h2-4,9,11,17H,6-8H2,1H3. The quantitative estimate of drug-likeness (QED) is 0.892. The van der Waals surface area contributed by atoms with Crippen LogP contribution in [0.3, 0.4) is 0 Å². The number of hydrogen-bond acceptors (Lipinski definition) is 5. The fourth-order valence-electron chi connectivity index (χ4n) is 2.20. The summed E-state index contributed by atoms with van der Waals surface area (Å²) < 4.78 is 31.9. The van der Waals surface area contributed by atoms with E-state index in [4.69, 9.17) is 21.6 Å². The van der Waals surface area contributed by atoms with E-state index in [-0.39, 0.29) is 41.3 Å². The van der Waals surface area contributed by atoms with Crippen LogP contribution in [0.15, 0.2) is 23.1 Å². The number of morpholine rings is 1. The molecule has 2 atom stereocenters. The maximum atomic E-state index is 12.6. The summed E-state index contributed by atoms with van der Waals surface area (Å²) in [6.07, 6.45) is -0.850. The van der Waals surface area contributed by atoms with Gasteiger partial charge in [-0.15, -0.1) is 0 Å². The summed E-state index contributed by atoms with van der Waals surface area (Å²) in [7, 11) is -3.74. The molecule has 0 saturated carbocycles. The van der Waals surface area contributed by atoms with Crippen molar-refractivity contribution in [3.8, 4) is 6.07 Å². The molecule has 0 radical (unpaired) electrons. The third-order valence-corrected chi connectivity index (χ3v) is 5.34. The predicted molar refractivity (Wildman–Crippen MR) is 76.3 cm³/mol. The molecule has 2 unspecified atom stereocenters. The molecule has 0 spiro atoms. The van der Waals surface area contributed by atoms with E-state index in [1.54, 1.807) is 6.92 Å². The molecule has 1 aliphatic rings. The van der Waals surface area contributed by atoms with Crippen LogP contribution in [-0.4, -0.2) is 49.7 Å². The van der Waals surface area contributed by atoms with Gasteiger partial charge in [0.15, 0.2) is 0 Å². The number of aliphatic hydroxyl groups excluding tert-OH is 1. The van der Waals surface area contributed by atoms with Crippen LogP contribution in [0.1, 0.15) is 12.5 Å². The summed E-state index contributed by atoms with van der Waals surface area (Å²) >= 11 is 5.89. The molecule has 1 heterocycles. The molecule has 114 valence electrons. The molecule has 1 saturated heterocycles. The van der Waals surface area contributed by atoms with Crippen molar-refractivity contribution < 1.29 is 18.3 Å². The zero-order valence-corrected chi connectivity index (χ0v) is 12.9. The molecular weight excluding hydrogens is 316 g/mol. The van der Waals surface area contributed by atoms with Gasteiger partial charge < -0.3 is 9.84 Å². The van der Waals surface area contributed by atoms with Crippen molar-refractivity contribution in [2.75, 3.05) is 19.7 Å². The Morgan fingerprint density at radius 3 is 2.81 bits per heavy atom. The highest BCUT2D eigenvalue weighted by Crippen LogP contribution is 2.25. The zero-order valence-electron chi connectivity index (χ0n) is 11.4. The summed E-state index contributed by atoms with van der Waals surface area (Å²) in [5.41, 5.74) is 0.221. The number of rotatable bonds is 3. The van der Waals surface area contributed by atoms with Gasteiger partial charge in [-0.25, -0.2) is 8.42 Å². The summed E-state index contributed by atoms with van der Waals surface area (Å²) in [6.45, 7) is 1.79. The van der Waals surface area contributed by atoms with E-state index >= 15 is 0 Å². The van der Waals surface area contributed by atoms with Crippen molar-refractivity contribution >= 4 is 21.6 Å². The third kappa shape index (κ3) is 3.36. The van der Waals surface area contributed by atoms with Gasteiger partial charge in [-0.3, -0.25) is 0 Å². The van der Waals surface area contributed by atoms with Crippen LogP contribution in [0.25, 0.3) is 0 Å². The second-order valence-electron chi connectivity index (χ2n) is 4.83. The Hall–Kier alpha value is -1.17. The average molecular weight is 331 g/mol.